The average Bonchev–Trinajstić information content (AvgIpc) is 2.83. The van der Waals surface area contributed by atoms with Gasteiger partial charge in [0.15, 0.2) is 0 Å². The number of piperidine rings is 1. The molecule has 2 unspecified atom stereocenters. The Labute approximate surface area is 121 Å². The largest absolute Gasteiger partial charge is 0.312 e. The maximum absolute atomic E-state index is 5.99. The first-order chi connectivity index (χ1) is 9.28. The molecule has 3 heteroatoms. The third-order valence-electron chi connectivity index (χ3n) is 4.59. The summed E-state index contributed by atoms with van der Waals surface area (Å²) in [4.78, 5) is 2.63. The number of nitrogens with one attached hydrogen (secondary N) is 1. The first-order valence-electron chi connectivity index (χ1n) is 7.45. The summed E-state index contributed by atoms with van der Waals surface area (Å²) in [6.07, 6.45) is 1.29. The molecule has 2 fully saturated rings. The van der Waals surface area contributed by atoms with Crippen molar-refractivity contribution >= 4 is 11.6 Å². The second-order valence-electron chi connectivity index (χ2n) is 6.01. The van der Waals surface area contributed by atoms with Gasteiger partial charge in [0.25, 0.3) is 0 Å². The molecule has 1 aromatic rings. The number of hydrogen-bond acceptors (Lipinski definition) is 2. The topological polar surface area (TPSA) is 15.3 Å². The van der Waals surface area contributed by atoms with E-state index in [1.54, 1.807) is 0 Å². The molecule has 2 atom stereocenters. The second-order valence-corrected chi connectivity index (χ2v) is 6.45. The van der Waals surface area contributed by atoms with Crippen LogP contribution in [0.25, 0.3) is 0 Å². The predicted molar refractivity (Wildman–Crippen MR) is 80.4 cm³/mol. The van der Waals surface area contributed by atoms with Gasteiger partial charge in [-0.15, -0.1) is 0 Å². The molecule has 104 valence electrons. The SMILES string of the molecule is CCCN1CC2C(CNCc3cccc(Cl)c3)C2C1. The molecule has 1 aliphatic carbocycles. The fourth-order valence-corrected chi connectivity index (χ4v) is 3.78. The highest BCUT2D eigenvalue weighted by Gasteiger charge is 2.54. The highest BCUT2D eigenvalue weighted by molar-refractivity contribution is 6.30. The van der Waals surface area contributed by atoms with E-state index in [4.69, 9.17) is 11.6 Å². The summed E-state index contributed by atoms with van der Waals surface area (Å²) in [6, 6.07) is 8.13. The van der Waals surface area contributed by atoms with Crippen LogP contribution in [-0.4, -0.2) is 31.1 Å². The van der Waals surface area contributed by atoms with Gasteiger partial charge < -0.3 is 10.2 Å². The normalized spacial score (nSPS) is 29.5. The van der Waals surface area contributed by atoms with E-state index in [-0.39, 0.29) is 0 Å². The Morgan fingerprint density at radius 3 is 2.79 bits per heavy atom. The van der Waals surface area contributed by atoms with Crippen molar-refractivity contribution in [1.29, 1.82) is 0 Å². The van der Waals surface area contributed by atoms with E-state index in [1.165, 1.54) is 38.2 Å². The lowest BCUT2D eigenvalue weighted by atomic mass is 10.2. The van der Waals surface area contributed by atoms with Crippen LogP contribution in [0.1, 0.15) is 18.9 Å². The number of rotatable bonds is 6. The Morgan fingerprint density at radius 1 is 1.32 bits per heavy atom. The van der Waals surface area contributed by atoms with Gasteiger partial charge in [-0.1, -0.05) is 30.7 Å². The molecular formula is C16H23ClN2. The van der Waals surface area contributed by atoms with Gasteiger partial charge in [-0.05, 0) is 55.0 Å². The van der Waals surface area contributed by atoms with Gasteiger partial charge in [0, 0.05) is 24.7 Å². The maximum atomic E-state index is 5.99. The van der Waals surface area contributed by atoms with Gasteiger partial charge >= 0.3 is 0 Å². The molecule has 0 aromatic heterocycles. The number of benzene rings is 1. The van der Waals surface area contributed by atoms with Crippen LogP contribution in [-0.2, 0) is 6.54 Å². The second kappa shape index (κ2) is 5.82. The van der Waals surface area contributed by atoms with E-state index >= 15 is 0 Å². The summed E-state index contributed by atoms with van der Waals surface area (Å²) in [5, 5.41) is 4.42. The lowest BCUT2D eigenvalue weighted by molar-refractivity contribution is 0.283. The van der Waals surface area contributed by atoms with Gasteiger partial charge in [-0.25, -0.2) is 0 Å². The molecule has 2 nitrogen and oxygen atoms in total. The van der Waals surface area contributed by atoms with E-state index in [9.17, 15) is 0 Å². The Hall–Kier alpha value is -0.570. The van der Waals surface area contributed by atoms with Gasteiger partial charge in [0.1, 0.15) is 0 Å². The zero-order chi connectivity index (χ0) is 13.2. The van der Waals surface area contributed by atoms with Crippen LogP contribution in [0.3, 0.4) is 0 Å². The van der Waals surface area contributed by atoms with Crippen LogP contribution in [0, 0.1) is 17.8 Å². The van der Waals surface area contributed by atoms with Crippen LogP contribution >= 0.6 is 11.6 Å². The molecule has 1 saturated carbocycles. The molecule has 1 heterocycles. The maximum Gasteiger partial charge on any atom is 0.0409 e. The molecular weight excluding hydrogens is 256 g/mol. The fourth-order valence-electron chi connectivity index (χ4n) is 3.57. The number of hydrogen-bond donors (Lipinski definition) is 1. The smallest absolute Gasteiger partial charge is 0.0409 e. The third-order valence-corrected chi connectivity index (χ3v) is 4.82. The van der Waals surface area contributed by atoms with Crippen LogP contribution < -0.4 is 5.32 Å². The van der Waals surface area contributed by atoms with Crippen LogP contribution in [0.2, 0.25) is 5.02 Å². The molecule has 1 N–H and O–H groups in total. The number of halogens is 1. The van der Waals surface area contributed by atoms with Crippen molar-refractivity contribution < 1.29 is 0 Å². The van der Waals surface area contributed by atoms with Gasteiger partial charge in [-0.2, -0.15) is 0 Å². The minimum atomic E-state index is 0.831. The lowest BCUT2D eigenvalue weighted by Crippen LogP contribution is -2.28. The van der Waals surface area contributed by atoms with E-state index in [1.807, 2.05) is 18.2 Å². The number of nitrogens with zero attached hydrogens (tertiary/aromatic N) is 1. The Bertz CT molecular complexity index is 423. The molecule has 2 aliphatic rings. The van der Waals surface area contributed by atoms with E-state index in [0.29, 0.717) is 0 Å². The molecule has 1 aliphatic heterocycles. The summed E-state index contributed by atoms with van der Waals surface area (Å²) in [7, 11) is 0. The zero-order valence-corrected chi connectivity index (χ0v) is 12.4. The van der Waals surface area contributed by atoms with Gasteiger partial charge in [0.2, 0.25) is 0 Å². The molecule has 1 aromatic carbocycles. The molecule has 0 bridgehead atoms. The highest BCUT2D eigenvalue weighted by Crippen LogP contribution is 2.51. The number of likely N-dealkylation sites (tertiary alicyclic amines) is 1. The zero-order valence-electron chi connectivity index (χ0n) is 11.6. The minimum absolute atomic E-state index is 0.831. The van der Waals surface area contributed by atoms with Gasteiger partial charge in [0.05, 0.1) is 0 Å². The van der Waals surface area contributed by atoms with E-state index < -0.39 is 0 Å². The highest BCUT2D eigenvalue weighted by atomic mass is 35.5. The van der Waals surface area contributed by atoms with Crippen molar-refractivity contribution in [3.8, 4) is 0 Å². The summed E-state index contributed by atoms with van der Waals surface area (Å²) >= 11 is 5.99. The quantitative estimate of drug-likeness (QED) is 0.861. The van der Waals surface area contributed by atoms with Crippen LogP contribution in [0.5, 0.6) is 0 Å². The van der Waals surface area contributed by atoms with Gasteiger partial charge in [-0.3, -0.25) is 0 Å². The first-order valence-corrected chi connectivity index (χ1v) is 7.83. The van der Waals surface area contributed by atoms with Crippen LogP contribution in [0.15, 0.2) is 24.3 Å². The van der Waals surface area contributed by atoms with Crippen molar-refractivity contribution in [2.75, 3.05) is 26.2 Å². The Balaban J connectivity index is 1.37. The van der Waals surface area contributed by atoms with Crippen LogP contribution in [0.4, 0.5) is 0 Å². The minimum Gasteiger partial charge on any atom is -0.312 e. The summed E-state index contributed by atoms with van der Waals surface area (Å²) in [5.74, 6) is 2.86. The average molecular weight is 279 g/mol. The lowest BCUT2D eigenvalue weighted by Gasteiger charge is -2.18. The van der Waals surface area contributed by atoms with Crippen molar-refractivity contribution in [2.45, 2.75) is 19.9 Å². The monoisotopic (exact) mass is 278 g/mol. The molecule has 0 radical (unpaired) electrons. The van der Waals surface area contributed by atoms with E-state index in [2.05, 4.69) is 23.2 Å². The molecule has 19 heavy (non-hydrogen) atoms. The number of fused-ring (bicyclic) bond motifs is 1. The summed E-state index contributed by atoms with van der Waals surface area (Å²) < 4.78 is 0. The first kappa shape index (κ1) is 13.4. The fraction of sp³-hybridized carbons (Fsp3) is 0.625. The molecule has 3 rings (SSSR count). The summed E-state index contributed by atoms with van der Waals surface area (Å²) in [5.41, 5.74) is 1.28. The standard InChI is InChI=1S/C16H23ClN2/c1-2-6-19-10-15-14(16(15)11-19)9-18-8-12-4-3-5-13(17)7-12/h3-5,7,14-16,18H,2,6,8-11H2,1H3. The van der Waals surface area contributed by atoms with Crippen molar-refractivity contribution in [3.63, 3.8) is 0 Å². The third kappa shape index (κ3) is 3.13. The Kier molecular flexibility index (Phi) is 4.11. The molecule has 0 amide bonds. The molecule has 1 saturated heterocycles. The summed E-state index contributed by atoms with van der Waals surface area (Å²) in [6.45, 7) is 8.34. The Morgan fingerprint density at radius 2 is 2.11 bits per heavy atom. The predicted octanol–water partition coefficient (Wildman–Crippen LogP) is 3.02. The van der Waals surface area contributed by atoms with Crippen molar-refractivity contribution in [3.05, 3.63) is 34.9 Å². The van der Waals surface area contributed by atoms with Crippen molar-refractivity contribution in [1.82, 2.24) is 10.2 Å². The van der Waals surface area contributed by atoms with Crippen molar-refractivity contribution in [2.24, 2.45) is 17.8 Å². The van der Waals surface area contributed by atoms with E-state index in [0.717, 1.165) is 29.3 Å². The molecule has 0 spiro atoms.